The highest BCUT2D eigenvalue weighted by Crippen LogP contribution is 2.21. The minimum atomic E-state index is 0.0823. The van der Waals surface area contributed by atoms with Gasteiger partial charge in [0, 0.05) is 37.4 Å². The normalized spacial score (nSPS) is 14.7. The summed E-state index contributed by atoms with van der Waals surface area (Å²) in [5.74, 6) is 0.0823. The molecule has 3 aromatic rings. The van der Waals surface area contributed by atoms with Crippen molar-refractivity contribution in [3.05, 3.63) is 71.4 Å². The number of carbonyl (C=O) groups is 1. The number of likely N-dealkylation sites (tertiary alicyclic amines) is 1. The second-order valence-electron chi connectivity index (χ2n) is 6.77. The molecule has 0 radical (unpaired) electrons. The summed E-state index contributed by atoms with van der Waals surface area (Å²) in [5, 5.41) is 1.15. The number of amides is 1. The van der Waals surface area contributed by atoms with Crippen LogP contribution in [-0.4, -0.2) is 34.6 Å². The predicted molar refractivity (Wildman–Crippen MR) is 98.6 cm³/mol. The molecule has 2 heterocycles. The molecule has 1 amide bonds. The number of carbonyl (C=O) groups excluding carboxylic acids is 1. The van der Waals surface area contributed by atoms with E-state index in [4.69, 9.17) is 4.74 Å². The van der Waals surface area contributed by atoms with E-state index in [2.05, 4.69) is 25.1 Å². The van der Waals surface area contributed by atoms with Gasteiger partial charge in [0.25, 0.3) is 5.91 Å². The molecule has 0 aliphatic carbocycles. The van der Waals surface area contributed by atoms with Crippen molar-refractivity contribution in [3.8, 4) is 0 Å². The van der Waals surface area contributed by atoms with Crippen LogP contribution < -0.4 is 0 Å². The smallest absolute Gasteiger partial charge is 0.254 e. The first-order valence-electron chi connectivity index (χ1n) is 8.62. The summed E-state index contributed by atoms with van der Waals surface area (Å²) in [6.07, 6.45) is 2.14. The molecule has 0 unspecified atom stereocenters. The third-order valence-electron chi connectivity index (χ3n) is 5.01. The molecule has 0 bridgehead atoms. The lowest BCUT2D eigenvalue weighted by Crippen LogP contribution is -2.54. The fraction of sp³-hybridized carbons (Fsp3) is 0.286. The monoisotopic (exact) mass is 334 g/mol. The van der Waals surface area contributed by atoms with Crippen LogP contribution in [0, 0.1) is 6.92 Å². The van der Waals surface area contributed by atoms with Crippen molar-refractivity contribution in [2.75, 3.05) is 13.1 Å². The summed E-state index contributed by atoms with van der Waals surface area (Å²) < 4.78 is 7.98. The van der Waals surface area contributed by atoms with Gasteiger partial charge in [0.1, 0.15) is 0 Å². The molecular weight excluding hydrogens is 312 g/mol. The number of ether oxygens (including phenoxy) is 1. The first kappa shape index (κ1) is 15.9. The number of benzene rings is 2. The Morgan fingerprint density at radius 2 is 1.96 bits per heavy atom. The van der Waals surface area contributed by atoms with Gasteiger partial charge in [-0.25, -0.2) is 0 Å². The number of rotatable bonds is 4. The van der Waals surface area contributed by atoms with Crippen LogP contribution in [0.15, 0.2) is 54.7 Å². The first-order valence-corrected chi connectivity index (χ1v) is 8.62. The van der Waals surface area contributed by atoms with E-state index in [0.29, 0.717) is 19.7 Å². The maximum Gasteiger partial charge on any atom is 0.254 e. The Hall–Kier alpha value is -2.59. The summed E-state index contributed by atoms with van der Waals surface area (Å²) in [4.78, 5) is 14.5. The molecular formula is C21H22N2O2. The van der Waals surface area contributed by atoms with Gasteiger partial charge >= 0.3 is 0 Å². The largest absolute Gasteiger partial charge is 0.370 e. The second kappa shape index (κ2) is 6.37. The molecule has 1 saturated heterocycles. The van der Waals surface area contributed by atoms with Gasteiger partial charge in [-0.05, 0) is 41.6 Å². The maximum absolute atomic E-state index is 12.6. The van der Waals surface area contributed by atoms with Crippen molar-refractivity contribution < 1.29 is 9.53 Å². The summed E-state index contributed by atoms with van der Waals surface area (Å²) in [6, 6.07) is 16.2. The maximum atomic E-state index is 12.6. The Morgan fingerprint density at radius 3 is 2.76 bits per heavy atom. The van der Waals surface area contributed by atoms with Crippen LogP contribution in [0.4, 0.5) is 0 Å². The van der Waals surface area contributed by atoms with Gasteiger partial charge in [-0.2, -0.15) is 0 Å². The van der Waals surface area contributed by atoms with Gasteiger partial charge in [0.05, 0.1) is 12.7 Å². The summed E-state index contributed by atoms with van der Waals surface area (Å²) in [6.45, 7) is 4.02. The molecule has 1 aliphatic heterocycles. The van der Waals surface area contributed by atoms with E-state index in [0.717, 1.165) is 16.5 Å². The van der Waals surface area contributed by atoms with Crippen molar-refractivity contribution in [2.24, 2.45) is 7.05 Å². The van der Waals surface area contributed by atoms with Gasteiger partial charge in [-0.1, -0.05) is 30.3 Å². The highest BCUT2D eigenvalue weighted by molar-refractivity contribution is 5.98. The SMILES string of the molecule is Cc1ccccc1COC1CN(C(=O)c2ccc3ccn(C)c3c2)C1. The Morgan fingerprint density at radius 1 is 1.16 bits per heavy atom. The number of hydrogen-bond donors (Lipinski definition) is 0. The molecule has 128 valence electrons. The van der Waals surface area contributed by atoms with Crippen molar-refractivity contribution in [1.29, 1.82) is 0 Å². The van der Waals surface area contributed by atoms with E-state index in [-0.39, 0.29) is 12.0 Å². The highest BCUT2D eigenvalue weighted by atomic mass is 16.5. The van der Waals surface area contributed by atoms with E-state index in [9.17, 15) is 4.79 Å². The molecule has 1 fully saturated rings. The third kappa shape index (κ3) is 3.05. The Bertz CT molecular complexity index is 923. The number of nitrogens with zero attached hydrogens (tertiary/aromatic N) is 2. The Labute approximate surface area is 147 Å². The van der Waals surface area contributed by atoms with Crippen LogP contribution in [0.25, 0.3) is 10.9 Å². The topological polar surface area (TPSA) is 34.5 Å². The van der Waals surface area contributed by atoms with Gasteiger partial charge in [-0.3, -0.25) is 4.79 Å². The standard InChI is InChI=1S/C21H22N2O2/c1-15-5-3-4-6-18(15)14-25-19-12-23(13-19)21(24)17-8-7-16-9-10-22(2)20(16)11-17/h3-11,19H,12-14H2,1-2H3. The number of aryl methyl sites for hydroxylation is 2. The fourth-order valence-electron chi connectivity index (χ4n) is 3.27. The summed E-state index contributed by atoms with van der Waals surface area (Å²) in [5.41, 5.74) is 4.28. The van der Waals surface area contributed by atoms with Crippen LogP contribution in [0.2, 0.25) is 0 Å². The Balaban J connectivity index is 1.35. The first-order chi connectivity index (χ1) is 12.1. The molecule has 25 heavy (non-hydrogen) atoms. The number of fused-ring (bicyclic) bond motifs is 1. The summed E-state index contributed by atoms with van der Waals surface area (Å²) in [7, 11) is 2.00. The van der Waals surface area contributed by atoms with Gasteiger partial charge in [0.2, 0.25) is 0 Å². The number of aromatic nitrogens is 1. The number of hydrogen-bond acceptors (Lipinski definition) is 2. The van der Waals surface area contributed by atoms with E-state index in [1.165, 1.54) is 11.1 Å². The van der Waals surface area contributed by atoms with E-state index in [1.54, 1.807) is 0 Å². The molecule has 1 aliphatic rings. The lowest BCUT2D eigenvalue weighted by atomic mass is 10.1. The van der Waals surface area contributed by atoms with Crippen LogP contribution in [0.3, 0.4) is 0 Å². The van der Waals surface area contributed by atoms with Crippen molar-refractivity contribution in [3.63, 3.8) is 0 Å². The zero-order valence-corrected chi connectivity index (χ0v) is 14.6. The lowest BCUT2D eigenvalue weighted by Gasteiger charge is -2.39. The van der Waals surface area contributed by atoms with Gasteiger partial charge < -0.3 is 14.2 Å². The van der Waals surface area contributed by atoms with E-state index < -0.39 is 0 Å². The van der Waals surface area contributed by atoms with Crippen molar-refractivity contribution >= 4 is 16.8 Å². The Kier molecular flexibility index (Phi) is 4.06. The molecule has 4 heteroatoms. The lowest BCUT2D eigenvalue weighted by molar-refractivity contribution is -0.0504. The highest BCUT2D eigenvalue weighted by Gasteiger charge is 2.32. The molecule has 0 saturated carbocycles. The molecule has 0 atom stereocenters. The quantitative estimate of drug-likeness (QED) is 0.731. The molecule has 1 aromatic heterocycles. The fourth-order valence-corrected chi connectivity index (χ4v) is 3.27. The van der Waals surface area contributed by atoms with Crippen LogP contribution >= 0.6 is 0 Å². The summed E-state index contributed by atoms with van der Waals surface area (Å²) >= 11 is 0. The average Bonchev–Trinajstić information content (AvgIpc) is 2.95. The predicted octanol–water partition coefficient (Wildman–Crippen LogP) is 3.53. The minimum Gasteiger partial charge on any atom is -0.370 e. The molecule has 0 spiro atoms. The zero-order chi connectivity index (χ0) is 17.4. The van der Waals surface area contributed by atoms with Crippen molar-refractivity contribution in [2.45, 2.75) is 19.6 Å². The van der Waals surface area contributed by atoms with Crippen molar-refractivity contribution in [1.82, 2.24) is 9.47 Å². The molecule has 4 nitrogen and oxygen atoms in total. The third-order valence-corrected chi connectivity index (χ3v) is 5.01. The van der Waals surface area contributed by atoms with Crippen LogP contribution in [0.5, 0.6) is 0 Å². The second-order valence-corrected chi connectivity index (χ2v) is 6.77. The zero-order valence-electron chi connectivity index (χ0n) is 14.6. The van der Waals surface area contributed by atoms with E-state index >= 15 is 0 Å². The molecule has 4 rings (SSSR count). The molecule has 2 aromatic carbocycles. The van der Waals surface area contributed by atoms with Gasteiger partial charge in [-0.15, -0.1) is 0 Å². The van der Waals surface area contributed by atoms with Crippen LogP contribution in [-0.2, 0) is 18.4 Å². The average molecular weight is 334 g/mol. The molecule has 0 N–H and O–H groups in total. The minimum absolute atomic E-state index is 0.0823. The van der Waals surface area contributed by atoms with Gasteiger partial charge in [0.15, 0.2) is 0 Å². The van der Waals surface area contributed by atoms with E-state index in [1.807, 2.05) is 53.0 Å². The van der Waals surface area contributed by atoms with Crippen LogP contribution in [0.1, 0.15) is 21.5 Å².